The van der Waals surface area contributed by atoms with Gasteiger partial charge in [0.1, 0.15) is 5.78 Å². The lowest BCUT2D eigenvalue weighted by molar-refractivity contribution is -0.117. The highest BCUT2D eigenvalue weighted by atomic mass is 16.1. The van der Waals surface area contributed by atoms with Crippen molar-refractivity contribution in [1.82, 2.24) is 0 Å². The molecule has 1 saturated carbocycles. The number of Topliss-reactive ketones (excluding diaryl/α,β-unsaturated/α-hetero) is 1. The van der Waals surface area contributed by atoms with Crippen molar-refractivity contribution in [3.05, 3.63) is 12.2 Å². The summed E-state index contributed by atoms with van der Waals surface area (Å²) in [5.74, 6) is 0.962. The molecule has 0 bridgehead atoms. The van der Waals surface area contributed by atoms with Crippen molar-refractivity contribution in [1.29, 1.82) is 0 Å². The topological polar surface area (TPSA) is 17.1 Å². The van der Waals surface area contributed by atoms with Gasteiger partial charge in [0.2, 0.25) is 0 Å². The maximum absolute atomic E-state index is 10.7. The zero-order chi connectivity index (χ0) is 8.27. The van der Waals surface area contributed by atoms with E-state index in [0.29, 0.717) is 11.7 Å². The molecule has 0 heterocycles. The van der Waals surface area contributed by atoms with Crippen LogP contribution in [0.5, 0.6) is 0 Å². The molecule has 1 fully saturated rings. The fourth-order valence-electron chi connectivity index (χ4n) is 1.71. The van der Waals surface area contributed by atoms with Gasteiger partial charge < -0.3 is 4.79 Å². The largest absolute Gasteiger partial charge is 0.300 e. The maximum atomic E-state index is 10.7. The number of hydrogen-bond donors (Lipinski definition) is 0. The molecule has 0 aromatic rings. The van der Waals surface area contributed by atoms with Gasteiger partial charge in [-0.15, -0.1) is 0 Å². The van der Waals surface area contributed by atoms with E-state index >= 15 is 0 Å². The Morgan fingerprint density at radius 1 is 1.73 bits per heavy atom. The molecule has 0 radical (unpaired) electrons. The van der Waals surface area contributed by atoms with E-state index in [-0.39, 0.29) is 0 Å². The van der Waals surface area contributed by atoms with Crippen LogP contribution in [-0.2, 0) is 4.79 Å². The SMILES string of the molecule is C=C1CCCC1CCC(C)=O. The van der Waals surface area contributed by atoms with Crippen molar-refractivity contribution in [2.75, 3.05) is 0 Å². The van der Waals surface area contributed by atoms with Crippen molar-refractivity contribution in [2.24, 2.45) is 5.92 Å². The number of rotatable bonds is 3. The predicted octanol–water partition coefficient (Wildman–Crippen LogP) is 2.71. The molecule has 62 valence electrons. The molecule has 1 rings (SSSR count). The predicted molar refractivity (Wildman–Crippen MR) is 46.4 cm³/mol. The summed E-state index contributed by atoms with van der Waals surface area (Å²) in [6.07, 6.45) is 5.49. The van der Waals surface area contributed by atoms with E-state index in [9.17, 15) is 4.79 Å². The van der Waals surface area contributed by atoms with Crippen LogP contribution in [0.1, 0.15) is 39.0 Å². The summed E-state index contributed by atoms with van der Waals surface area (Å²) in [5, 5.41) is 0. The summed E-state index contributed by atoms with van der Waals surface area (Å²) >= 11 is 0. The molecule has 0 saturated heterocycles. The zero-order valence-corrected chi connectivity index (χ0v) is 7.23. The minimum Gasteiger partial charge on any atom is -0.300 e. The lowest BCUT2D eigenvalue weighted by Gasteiger charge is -2.08. The summed E-state index contributed by atoms with van der Waals surface area (Å²) in [6, 6.07) is 0. The first-order chi connectivity index (χ1) is 5.20. The Morgan fingerprint density at radius 3 is 2.91 bits per heavy atom. The lowest BCUT2D eigenvalue weighted by Crippen LogP contribution is -1.99. The summed E-state index contributed by atoms with van der Waals surface area (Å²) in [7, 11) is 0. The highest BCUT2D eigenvalue weighted by molar-refractivity contribution is 5.75. The normalized spacial score (nSPS) is 24.1. The van der Waals surface area contributed by atoms with Gasteiger partial charge in [0.15, 0.2) is 0 Å². The molecule has 1 unspecified atom stereocenters. The first kappa shape index (κ1) is 8.51. The minimum atomic E-state index is 0.310. The van der Waals surface area contributed by atoms with Gasteiger partial charge in [0.05, 0.1) is 0 Å². The van der Waals surface area contributed by atoms with Crippen molar-refractivity contribution >= 4 is 5.78 Å². The Bertz CT molecular complexity index is 170. The smallest absolute Gasteiger partial charge is 0.129 e. The quantitative estimate of drug-likeness (QED) is 0.568. The number of carbonyl (C=O) groups is 1. The monoisotopic (exact) mass is 152 g/mol. The zero-order valence-electron chi connectivity index (χ0n) is 7.23. The molecule has 0 aromatic heterocycles. The average Bonchev–Trinajstić information content (AvgIpc) is 2.31. The molecule has 1 aliphatic carbocycles. The summed E-state index contributed by atoms with van der Waals surface area (Å²) in [6.45, 7) is 5.67. The van der Waals surface area contributed by atoms with E-state index in [0.717, 1.165) is 12.8 Å². The van der Waals surface area contributed by atoms with Gasteiger partial charge in [0, 0.05) is 6.42 Å². The third-order valence-electron chi connectivity index (χ3n) is 2.47. The summed E-state index contributed by atoms with van der Waals surface area (Å²) in [5.41, 5.74) is 1.37. The fraction of sp³-hybridized carbons (Fsp3) is 0.700. The molecule has 0 N–H and O–H groups in total. The first-order valence-electron chi connectivity index (χ1n) is 4.37. The molecule has 0 aromatic carbocycles. The van der Waals surface area contributed by atoms with Crippen LogP contribution < -0.4 is 0 Å². The highest BCUT2D eigenvalue weighted by Crippen LogP contribution is 2.32. The van der Waals surface area contributed by atoms with Gasteiger partial charge in [-0.05, 0) is 38.5 Å². The Kier molecular flexibility index (Phi) is 2.86. The number of ketones is 1. The van der Waals surface area contributed by atoms with Gasteiger partial charge in [0.25, 0.3) is 0 Å². The summed E-state index contributed by atoms with van der Waals surface area (Å²) in [4.78, 5) is 10.7. The van der Waals surface area contributed by atoms with Crippen molar-refractivity contribution in [3.8, 4) is 0 Å². The first-order valence-corrected chi connectivity index (χ1v) is 4.37. The second kappa shape index (κ2) is 3.70. The van der Waals surface area contributed by atoms with Crippen molar-refractivity contribution in [2.45, 2.75) is 39.0 Å². The van der Waals surface area contributed by atoms with Gasteiger partial charge in [-0.1, -0.05) is 12.2 Å². The molecule has 0 spiro atoms. The standard InChI is InChI=1S/C10H16O/c1-8-4-3-5-10(8)7-6-9(2)11/h10H,1,3-7H2,2H3. The van der Waals surface area contributed by atoms with E-state index < -0.39 is 0 Å². The molecule has 1 aliphatic rings. The van der Waals surface area contributed by atoms with Crippen LogP contribution in [0.3, 0.4) is 0 Å². The van der Waals surface area contributed by atoms with E-state index in [2.05, 4.69) is 6.58 Å². The lowest BCUT2D eigenvalue weighted by atomic mass is 9.97. The van der Waals surface area contributed by atoms with Crippen LogP contribution in [0.25, 0.3) is 0 Å². The number of hydrogen-bond acceptors (Lipinski definition) is 1. The Labute approximate surface area is 68.5 Å². The molecule has 1 heteroatoms. The summed E-state index contributed by atoms with van der Waals surface area (Å²) < 4.78 is 0. The Balaban J connectivity index is 2.26. The molecule has 0 amide bonds. The maximum Gasteiger partial charge on any atom is 0.129 e. The minimum absolute atomic E-state index is 0.310. The van der Waals surface area contributed by atoms with Crippen molar-refractivity contribution < 1.29 is 4.79 Å². The molecule has 11 heavy (non-hydrogen) atoms. The third-order valence-corrected chi connectivity index (χ3v) is 2.47. The molecular formula is C10H16O. The van der Waals surface area contributed by atoms with Crippen LogP contribution in [0.15, 0.2) is 12.2 Å². The highest BCUT2D eigenvalue weighted by Gasteiger charge is 2.18. The Morgan fingerprint density at radius 2 is 2.45 bits per heavy atom. The van der Waals surface area contributed by atoms with Crippen LogP contribution in [0.2, 0.25) is 0 Å². The average molecular weight is 152 g/mol. The molecular weight excluding hydrogens is 136 g/mol. The van der Waals surface area contributed by atoms with Crippen LogP contribution >= 0.6 is 0 Å². The van der Waals surface area contributed by atoms with Crippen LogP contribution in [0.4, 0.5) is 0 Å². The van der Waals surface area contributed by atoms with Crippen molar-refractivity contribution in [3.63, 3.8) is 0 Å². The van der Waals surface area contributed by atoms with Crippen LogP contribution in [0, 0.1) is 5.92 Å². The van der Waals surface area contributed by atoms with Crippen LogP contribution in [-0.4, -0.2) is 5.78 Å². The second-order valence-corrected chi connectivity index (χ2v) is 3.49. The van der Waals surface area contributed by atoms with E-state index in [1.807, 2.05) is 0 Å². The molecule has 1 nitrogen and oxygen atoms in total. The fourth-order valence-corrected chi connectivity index (χ4v) is 1.71. The molecule has 0 aliphatic heterocycles. The van der Waals surface area contributed by atoms with E-state index in [1.54, 1.807) is 6.92 Å². The van der Waals surface area contributed by atoms with E-state index in [1.165, 1.54) is 24.8 Å². The van der Waals surface area contributed by atoms with Gasteiger partial charge in [-0.3, -0.25) is 0 Å². The van der Waals surface area contributed by atoms with E-state index in [4.69, 9.17) is 0 Å². The Hall–Kier alpha value is -0.590. The number of allylic oxidation sites excluding steroid dienone is 1. The van der Waals surface area contributed by atoms with Gasteiger partial charge >= 0.3 is 0 Å². The van der Waals surface area contributed by atoms with Gasteiger partial charge in [-0.25, -0.2) is 0 Å². The number of carbonyl (C=O) groups excluding carboxylic acids is 1. The second-order valence-electron chi connectivity index (χ2n) is 3.49. The molecule has 1 atom stereocenters. The third kappa shape index (κ3) is 2.49. The van der Waals surface area contributed by atoms with Gasteiger partial charge in [-0.2, -0.15) is 0 Å².